The van der Waals surface area contributed by atoms with Crippen molar-refractivity contribution in [3.63, 3.8) is 0 Å². The average Bonchev–Trinajstić information content (AvgIpc) is 1.95. The van der Waals surface area contributed by atoms with Crippen molar-refractivity contribution >= 4 is 16.1 Å². The van der Waals surface area contributed by atoms with Crippen LogP contribution in [0.15, 0.2) is 0 Å². The molecule has 9 heteroatoms. The van der Waals surface area contributed by atoms with E-state index in [1.807, 2.05) is 21.1 Å². The Morgan fingerprint density at radius 3 is 2.00 bits per heavy atom. The number of hydrogen-bond acceptors (Lipinski definition) is 6. The smallest absolute Gasteiger partial charge is 0.266 e. The van der Waals surface area contributed by atoms with Gasteiger partial charge in [0, 0.05) is 18.9 Å². The van der Waals surface area contributed by atoms with Crippen LogP contribution in [0.25, 0.3) is 0 Å². The minimum atomic E-state index is -3.80. The predicted octanol–water partition coefficient (Wildman–Crippen LogP) is -2.97. The Labute approximate surface area is 107 Å². The zero-order chi connectivity index (χ0) is 15.0. The van der Waals surface area contributed by atoms with Crippen LogP contribution in [-0.4, -0.2) is 74.6 Å². The minimum Gasteiger partial charge on any atom is -0.550 e. The molecule has 0 aromatic heterocycles. The number of aliphatic hydroxyl groups is 1. The number of carboxylic acids is 1. The molecular formula is C9H22N2O6S. The Hall–Kier alpha value is -0.740. The normalized spacial score (nSPS) is 13.4. The fourth-order valence-corrected chi connectivity index (χ4v) is 1.34. The van der Waals surface area contributed by atoms with Gasteiger partial charge in [-0.3, -0.25) is 4.55 Å². The molecule has 0 aliphatic rings. The van der Waals surface area contributed by atoms with E-state index in [0.717, 1.165) is 0 Å². The zero-order valence-electron chi connectivity index (χ0n) is 10.9. The van der Waals surface area contributed by atoms with E-state index < -0.39 is 22.2 Å². The van der Waals surface area contributed by atoms with Crippen molar-refractivity contribution in [2.45, 2.75) is 12.5 Å². The summed E-state index contributed by atoms with van der Waals surface area (Å²) in [4.78, 5) is 10.0. The van der Waals surface area contributed by atoms with Gasteiger partial charge in [-0.1, -0.05) is 0 Å². The van der Waals surface area contributed by atoms with Crippen LogP contribution >= 0.6 is 0 Å². The first-order valence-corrected chi connectivity index (χ1v) is 6.82. The summed E-state index contributed by atoms with van der Waals surface area (Å²) < 4.78 is 27.9. The van der Waals surface area contributed by atoms with E-state index in [1.165, 1.54) is 0 Å². The number of carbonyl (C=O) groups excluding carboxylic acids is 1. The quantitative estimate of drug-likeness (QED) is 0.349. The van der Waals surface area contributed by atoms with Gasteiger partial charge in [0.15, 0.2) is 0 Å². The number of carbonyl (C=O) groups is 1. The van der Waals surface area contributed by atoms with Crippen LogP contribution in [0, 0.1) is 0 Å². The first kappa shape index (κ1) is 19.6. The molecule has 0 heterocycles. The Morgan fingerprint density at radius 2 is 1.83 bits per heavy atom. The highest BCUT2D eigenvalue weighted by Crippen LogP contribution is 1.97. The van der Waals surface area contributed by atoms with Gasteiger partial charge < -0.3 is 25.2 Å². The van der Waals surface area contributed by atoms with Gasteiger partial charge in [-0.25, -0.2) is 0 Å². The number of quaternary nitrogens is 1. The van der Waals surface area contributed by atoms with Crippen LogP contribution in [0.1, 0.15) is 6.42 Å². The first-order valence-electron chi connectivity index (χ1n) is 5.21. The van der Waals surface area contributed by atoms with Gasteiger partial charge in [-0.15, -0.1) is 0 Å². The van der Waals surface area contributed by atoms with Crippen molar-refractivity contribution in [3.8, 4) is 0 Å². The van der Waals surface area contributed by atoms with Gasteiger partial charge in [0.1, 0.15) is 12.6 Å². The van der Waals surface area contributed by atoms with Crippen molar-refractivity contribution in [1.82, 2.24) is 0 Å². The highest BCUT2D eigenvalue weighted by Gasteiger charge is 2.14. The molecule has 0 unspecified atom stereocenters. The summed E-state index contributed by atoms with van der Waals surface area (Å²) in [5.41, 5.74) is 4.78. The molecule has 0 spiro atoms. The summed E-state index contributed by atoms with van der Waals surface area (Å²) in [5, 5.41) is 19.1. The Balaban J connectivity index is 0. The summed E-state index contributed by atoms with van der Waals surface area (Å²) in [7, 11) is 1.86. The maximum absolute atomic E-state index is 10.0. The van der Waals surface area contributed by atoms with Crippen molar-refractivity contribution in [1.29, 1.82) is 0 Å². The van der Waals surface area contributed by atoms with E-state index >= 15 is 0 Å². The van der Waals surface area contributed by atoms with Gasteiger partial charge >= 0.3 is 0 Å². The SMILES string of the molecule is C[N+](C)(C)C[C@H](O)CC(=O)[O-].NCCS(=O)(=O)O. The van der Waals surface area contributed by atoms with Crippen molar-refractivity contribution in [2.24, 2.45) is 5.73 Å². The minimum absolute atomic E-state index is 0.0289. The van der Waals surface area contributed by atoms with E-state index in [4.69, 9.17) is 15.4 Å². The lowest BCUT2D eigenvalue weighted by molar-refractivity contribution is -0.873. The molecule has 0 aromatic rings. The van der Waals surface area contributed by atoms with E-state index in [0.29, 0.717) is 11.0 Å². The number of likely N-dealkylation sites (N-methyl/N-ethyl adjacent to an activating group) is 1. The number of hydrogen-bond donors (Lipinski definition) is 3. The lowest BCUT2D eigenvalue weighted by Crippen LogP contribution is -2.43. The van der Waals surface area contributed by atoms with E-state index in [-0.39, 0.29) is 18.7 Å². The average molecular weight is 286 g/mol. The van der Waals surface area contributed by atoms with Crippen LogP contribution in [0.4, 0.5) is 0 Å². The fourth-order valence-electron chi connectivity index (χ4n) is 1.04. The maximum atomic E-state index is 10.0. The lowest BCUT2D eigenvalue weighted by atomic mass is 10.2. The van der Waals surface area contributed by atoms with Crippen LogP contribution in [0.5, 0.6) is 0 Å². The molecule has 0 radical (unpaired) electrons. The third-order valence-electron chi connectivity index (χ3n) is 1.54. The largest absolute Gasteiger partial charge is 0.550 e. The molecule has 0 saturated carbocycles. The van der Waals surface area contributed by atoms with Crippen LogP contribution in [-0.2, 0) is 14.9 Å². The topological polar surface area (TPSA) is 141 Å². The second-order valence-electron chi connectivity index (χ2n) is 4.78. The molecular weight excluding hydrogens is 264 g/mol. The molecule has 1 atom stereocenters. The number of aliphatic hydroxyl groups excluding tert-OH is 1. The second-order valence-corrected chi connectivity index (χ2v) is 6.35. The Morgan fingerprint density at radius 1 is 1.39 bits per heavy atom. The zero-order valence-corrected chi connectivity index (χ0v) is 11.7. The summed E-state index contributed by atoms with van der Waals surface area (Å²) in [5.74, 6) is -1.56. The van der Waals surface area contributed by atoms with Crippen LogP contribution < -0.4 is 10.8 Å². The molecule has 0 fully saturated rings. The highest BCUT2D eigenvalue weighted by atomic mass is 32.2. The summed E-state index contributed by atoms with van der Waals surface area (Å²) in [6.07, 6.45) is -1.09. The predicted molar refractivity (Wildman–Crippen MR) is 64.0 cm³/mol. The first-order chi connectivity index (χ1) is 7.87. The van der Waals surface area contributed by atoms with Gasteiger partial charge in [-0.2, -0.15) is 8.42 Å². The van der Waals surface area contributed by atoms with E-state index in [9.17, 15) is 18.3 Å². The molecule has 110 valence electrons. The molecule has 0 rings (SSSR count). The van der Waals surface area contributed by atoms with Gasteiger partial charge in [-0.05, 0) is 0 Å². The van der Waals surface area contributed by atoms with E-state index in [2.05, 4.69) is 0 Å². The summed E-state index contributed by atoms with van der Waals surface area (Å²) in [6, 6.07) is 0. The maximum Gasteiger partial charge on any atom is 0.266 e. The second kappa shape index (κ2) is 8.38. The number of nitrogens with two attached hydrogens (primary N) is 1. The Bertz CT molecular complexity index is 335. The summed E-state index contributed by atoms with van der Waals surface area (Å²) >= 11 is 0. The molecule has 18 heavy (non-hydrogen) atoms. The van der Waals surface area contributed by atoms with E-state index in [1.54, 1.807) is 0 Å². The molecule has 0 saturated heterocycles. The number of aliphatic carboxylic acids is 1. The number of carboxylic acid groups (broad SMARTS) is 1. The van der Waals surface area contributed by atoms with Crippen molar-refractivity contribution in [3.05, 3.63) is 0 Å². The summed E-state index contributed by atoms with van der Waals surface area (Å²) in [6.45, 7) is 0.396. The van der Waals surface area contributed by atoms with Crippen LogP contribution in [0.3, 0.4) is 0 Å². The monoisotopic (exact) mass is 286 g/mol. The van der Waals surface area contributed by atoms with Crippen LogP contribution in [0.2, 0.25) is 0 Å². The molecule has 0 amide bonds. The van der Waals surface area contributed by atoms with Gasteiger partial charge in [0.2, 0.25) is 0 Å². The highest BCUT2D eigenvalue weighted by molar-refractivity contribution is 7.85. The molecule has 0 aliphatic carbocycles. The fraction of sp³-hybridized carbons (Fsp3) is 0.889. The van der Waals surface area contributed by atoms with Gasteiger partial charge in [0.05, 0.1) is 26.9 Å². The number of nitrogens with zero attached hydrogens (tertiary/aromatic N) is 1. The molecule has 0 aromatic carbocycles. The molecule has 8 nitrogen and oxygen atoms in total. The molecule has 0 aliphatic heterocycles. The third kappa shape index (κ3) is 20.6. The molecule has 0 bridgehead atoms. The molecule has 4 N–H and O–H groups in total. The third-order valence-corrected chi connectivity index (χ3v) is 2.29. The lowest BCUT2D eigenvalue weighted by Gasteiger charge is -2.26. The van der Waals surface area contributed by atoms with Gasteiger partial charge in [0.25, 0.3) is 10.1 Å². The standard InChI is InChI=1S/C7H15NO3.C2H7NO3S/c1-8(2,3)5-6(9)4-7(10)11;3-1-2-7(4,5)6/h6,9H,4-5H2,1-3H3;1-3H2,(H,4,5,6)/t6-;/m1./s1. The van der Waals surface area contributed by atoms with Crippen molar-refractivity contribution in [2.75, 3.05) is 40.0 Å². The number of rotatable bonds is 6. The Kier molecular flexibility index (Phi) is 9.12. The van der Waals surface area contributed by atoms with Crippen molar-refractivity contribution < 1.29 is 32.5 Å².